The van der Waals surface area contributed by atoms with E-state index in [1.807, 2.05) is 19.2 Å². The van der Waals surface area contributed by atoms with E-state index in [1.165, 1.54) is 19.3 Å². The Morgan fingerprint density at radius 2 is 2.16 bits per heavy atom. The van der Waals surface area contributed by atoms with Gasteiger partial charge in [0.05, 0.1) is 6.10 Å². The van der Waals surface area contributed by atoms with Crippen LogP contribution in [0.5, 0.6) is 11.5 Å². The first-order valence-electron chi connectivity index (χ1n) is 7.02. The molecule has 104 valence electrons. The second-order valence-corrected chi connectivity index (χ2v) is 5.20. The van der Waals surface area contributed by atoms with Gasteiger partial charge in [0.2, 0.25) is 6.79 Å². The molecule has 0 bridgehead atoms. The van der Waals surface area contributed by atoms with E-state index in [0.29, 0.717) is 18.9 Å². The molecule has 0 saturated heterocycles. The molecule has 1 heterocycles. The van der Waals surface area contributed by atoms with E-state index in [2.05, 4.69) is 11.4 Å². The molecule has 2 atom stereocenters. The van der Waals surface area contributed by atoms with Crippen molar-refractivity contribution in [2.24, 2.45) is 0 Å². The lowest BCUT2D eigenvalue weighted by Gasteiger charge is -2.31. The number of benzene rings is 1. The summed E-state index contributed by atoms with van der Waals surface area (Å²) < 4.78 is 16.5. The van der Waals surface area contributed by atoms with Crippen LogP contribution in [0.15, 0.2) is 18.2 Å². The third-order valence-electron chi connectivity index (χ3n) is 4.04. The topological polar surface area (TPSA) is 39.7 Å². The molecule has 0 spiro atoms. The van der Waals surface area contributed by atoms with Crippen molar-refractivity contribution in [1.29, 1.82) is 0 Å². The van der Waals surface area contributed by atoms with E-state index in [1.54, 1.807) is 0 Å². The molecule has 1 aromatic carbocycles. The van der Waals surface area contributed by atoms with Gasteiger partial charge >= 0.3 is 0 Å². The quantitative estimate of drug-likeness (QED) is 0.906. The zero-order chi connectivity index (χ0) is 13.1. The minimum absolute atomic E-state index is 0.330. The standard InChI is InChI=1S/C15H21NO3/c1-17-13-7-3-2-6-12(13)16-9-11-5-4-8-14-15(11)19-10-18-14/h4-5,8,12-13,16H,2-3,6-7,9-10H2,1H3. The lowest BCUT2D eigenvalue weighted by Crippen LogP contribution is -2.42. The predicted octanol–water partition coefficient (Wildman–Crippen LogP) is 2.46. The number of nitrogens with one attached hydrogen (secondary N) is 1. The second-order valence-electron chi connectivity index (χ2n) is 5.20. The highest BCUT2D eigenvalue weighted by atomic mass is 16.7. The zero-order valence-corrected chi connectivity index (χ0v) is 11.4. The molecule has 1 aliphatic heterocycles. The second kappa shape index (κ2) is 5.80. The van der Waals surface area contributed by atoms with Gasteiger partial charge in [0.25, 0.3) is 0 Å². The SMILES string of the molecule is COC1CCCCC1NCc1cccc2c1OCO2. The van der Waals surface area contributed by atoms with Gasteiger partial charge in [0.15, 0.2) is 11.5 Å². The van der Waals surface area contributed by atoms with Crippen molar-refractivity contribution >= 4 is 0 Å². The Bertz CT molecular complexity index is 435. The van der Waals surface area contributed by atoms with Crippen LogP contribution in [0.1, 0.15) is 31.2 Å². The Kier molecular flexibility index (Phi) is 3.89. The van der Waals surface area contributed by atoms with Gasteiger partial charge in [-0.2, -0.15) is 0 Å². The van der Waals surface area contributed by atoms with Gasteiger partial charge in [-0.25, -0.2) is 0 Å². The van der Waals surface area contributed by atoms with E-state index in [9.17, 15) is 0 Å². The molecule has 0 radical (unpaired) electrons. The fourth-order valence-electron chi connectivity index (χ4n) is 2.98. The summed E-state index contributed by atoms with van der Waals surface area (Å²) in [6, 6.07) is 6.49. The third-order valence-corrected chi connectivity index (χ3v) is 4.04. The number of hydrogen-bond donors (Lipinski definition) is 1. The molecule has 1 fully saturated rings. The first-order chi connectivity index (χ1) is 9.38. The molecular formula is C15H21NO3. The molecule has 1 saturated carbocycles. The van der Waals surface area contributed by atoms with E-state index < -0.39 is 0 Å². The highest BCUT2D eigenvalue weighted by Crippen LogP contribution is 2.35. The van der Waals surface area contributed by atoms with Crippen LogP contribution in [0.4, 0.5) is 0 Å². The number of ether oxygens (including phenoxy) is 3. The van der Waals surface area contributed by atoms with Crippen LogP contribution in [0, 0.1) is 0 Å². The first kappa shape index (κ1) is 12.8. The average Bonchev–Trinajstić information content (AvgIpc) is 2.94. The number of fused-ring (bicyclic) bond motifs is 1. The number of hydrogen-bond acceptors (Lipinski definition) is 4. The summed E-state index contributed by atoms with van der Waals surface area (Å²) in [7, 11) is 1.81. The Morgan fingerprint density at radius 3 is 3.05 bits per heavy atom. The highest BCUT2D eigenvalue weighted by molar-refractivity contribution is 5.48. The summed E-state index contributed by atoms with van der Waals surface area (Å²) in [6.07, 6.45) is 5.23. The summed E-state index contributed by atoms with van der Waals surface area (Å²) in [5, 5.41) is 3.61. The minimum atomic E-state index is 0.330. The van der Waals surface area contributed by atoms with Crippen LogP contribution in [-0.4, -0.2) is 26.0 Å². The largest absolute Gasteiger partial charge is 0.454 e. The maximum atomic E-state index is 5.57. The lowest BCUT2D eigenvalue weighted by atomic mass is 9.92. The zero-order valence-electron chi connectivity index (χ0n) is 11.4. The van der Waals surface area contributed by atoms with Crippen molar-refractivity contribution in [2.75, 3.05) is 13.9 Å². The molecule has 19 heavy (non-hydrogen) atoms. The molecule has 4 nitrogen and oxygen atoms in total. The van der Waals surface area contributed by atoms with Crippen molar-refractivity contribution in [2.45, 2.75) is 44.4 Å². The van der Waals surface area contributed by atoms with Crippen LogP contribution in [0.3, 0.4) is 0 Å². The van der Waals surface area contributed by atoms with Crippen LogP contribution < -0.4 is 14.8 Å². The summed E-state index contributed by atoms with van der Waals surface area (Å²) in [6.45, 7) is 1.13. The summed E-state index contributed by atoms with van der Waals surface area (Å²) >= 11 is 0. The Balaban J connectivity index is 1.64. The van der Waals surface area contributed by atoms with Crippen molar-refractivity contribution in [3.63, 3.8) is 0 Å². The summed E-state index contributed by atoms with van der Waals surface area (Å²) in [4.78, 5) is 0. The van der Waals surface area contributed by atoms with Gasteiger partial charge < -0.3 is 19.5 Å². The molecule has 0 amide bonds. The number of para-hydroxylation sites is 1. The van der Waals surface area contributed by atoms with Crippen LogP contribution in [0.2, 0.25) is 0 Å². The van der Waals surface area contributed by atoms with E-state index in [4.69, 9.17) is 14.2 Å². The maximum Gasteiger partial charge on any atom is 0.231 e. The summed E-state index contributed by atoms with van der Waals surface area (Å²) in [5.74, 6) is 1.74. The van der Waals surface area contributed by atoms with Crippen LogP contribution in [0.25, 0.3) is 0 Å². The van der Waals surface area contributed by atoms with E-state index in [0.717, 1.165) is 30.0 Å². The molecule has 3 rings (SSSR count). The predicted molar refractivity (Wildman–Crippen MR) is 72.5 cm³/mol. The molecule has 2 aliphatic rings. The minimum Gasteiger partial charge on any atom is -0.454 e. The Hall–Kier alpha value is -1.26. The lowest BCUT2D eigenvalue weighted by molar-refractivity contribution is 0.0412. The Labute approximate surface area is 114 Å². The normalized spacial score (nSPS) is 25.5. The van der Waals surface area contributed by atoms with Crippen molar-refractivity contribution in [3.05, 3.63) is 23.8 Å². The van der Waals surface area contributed by atoms with Gasteiger partial charge in [-0.05, 0) is 18.9 Å². The smallest absolute Gasteiger partial charge is 0.231 e. The molecule has 0 aromatic heterocycles. The van der Waals surface area contributed by atoms with Crippen molar-refractivity contribution in [3.8, 4) is 11.5 Å². The summed E-state index contributed by atoms with van der Waals surface area (Å²) in [5.41, 5.74) is 1.16. The first-order valence-corrected chi connectivity index (χ1v) is 7.02. The fraction of sp³-hybridized carbons (Fsp3) is 0.600. The van der Waals surface area contributed by atoms with Gasteiger partial charge in [-0.3, -0.25) is 0 Å². The van der Waals surface area contributed by atoms with Crippen LogP contribution >= 0.6 is 0 Å². The average molecular weight is 263 g/mol. The maximum absolute atomic E-state index is 5.57. The Morgan fingerprint density at radius 1 is 1.26 bits per heavy atom. The van der Waals surface area contributed by atoms with Crippen molar-refractivity contribution < 1.29 is 14.2 Å². The molecule has 1 aliphatic carbocycles. The van der Waals surface area contributed by atoms with E-state index in [-0.39, 0.29) is 0 Å². The van der Waals surface area contributed by atoms with E-state index >= 15 is 0 Å². The number of rotatable bonds is 4. The van der Waals surface area contributed by atoms with Gasteiger partial charge in [0, 0.05) is 25.3 Å². The molecule has 1 N–H and O–H groups in total. The van der Waals surface area contributed by atoms with Gasteiger partial charge in [0.1, 0.15) is 0 Å². The van der Waals surface area contributed by atoms with Crippen molar-refractivity contribution in [1.82, 2.24) is 5.32 Å². The monoisotopic (exact) mass is 263 g/mol. The molecular weight excluding hydrogens is 242 g/mol. The molecule has 1 aromatic rings. The van der Waals surface area contributed by atoms with Gasteiger partial charge in [-0.1, -0.05) is 25.0 Å². The van der Waals surface area contributed by atoms with Gasteiger partial charge in [-0.15, -0.1) is 0 Å². The number of methoxy groups -OCH3 is 1. The van der Waals surface area contributed by atoms with Crippen LogP contribution in [-0.2, 0) is 11.3 Å². The fourth-order valence-corrected chi connectivity index (χ4v) is 2.98. The highest BCUT2D eigenvalue weighted by Gasteiger charge is 2.25. The molecule has 4 heteroatoms. The third kappa shape index (κ3) is 2.69. The molecule has 2 unspecified atom stereocenters.